The molecule has 1 atom stereocenters. The molecule has 0 aliphatic rings. The molecule has 1 unspecified atom stereocenters. The fraction of sp³-hybridized carbons (Fsp3) is 0.208. The minimum atomic E-state index is -4.44. The molecule has 2 amide bonds. The molecule has 0 spiro atoms. The van der Waals surface area contributed by atoms with Gasteiger partial charge in [-0.2, -0.15) is 13.2 Å². The van der Waals surface area contributed by atoms with Gasteiger partial charge in [0.2, 0.25) is 5.91 Å². The van der Waals surface area contributed by atoms with Crippen molar-refractivity contribution in [3.63, 3.8) is 0 Å². The van der Waals surface area contributed by atoms with Crippen LogP contribution in [-0.2, 0) is 11.0 Å². The zero-order chi connectivity index (χ0) is 23.7. The third-order valence-electron chi connectivity index (χ3n) is 4.78. The Kier molecular flexibility index (Phi) is 8.01. The second-order valence-corrected chi connectivity index (χ2v) is 7.21. The van der Waals surface area contributed by atoms with Crippen molar-refractivity contribution in [3.05, 3.63) is 95.7 Å². The Labute approximate surface area is 189 Å². The van der Waals surface area contributed by atoms with Gasteiger partial charge in [0.1, 0.15) is 5.82 Å². The summed E-state index contributed by atoms with van der Waals surface area (Å²) < 4.78 is 37.8. The van der Waals surface area contributed by atoms with Crippen LogP contribution in [0.5, 0.6) is 0 Å². The lowest BCUT2D eigenvalue weighted by molar-refractivity contribution is -0.137. The number of nitrogens with one attached hydrogen (secondary N) is 3. The summed E-state index contributed by atoms with van der Waals surface area (Å²) in [5.41, 5.74) is 0.460. The molecule has 172 valence electrons. The topological polar surface area (TPSA) is 83.1 Å². The predicted molar refractivity (Wildman–Crippen MR) is 118 cm³/mol. The van der Waals surface area contributed by atoms with Crippen LogP contribution in [0.1, 0.15) is 33.9 Å². The van der Waals surface area contributed by atoms with Gasteiger partial charge < -0.3 is 16.0 Å². The Morgan fingerprint density at radius 2 is 1.55 bits per heavy atom. The fourth-order valence-electron chi connectivity index (χ4n) is 3.08. The molecule has 33 heavy (non-hydrogen) atoms. The normalized spacial score (nSPS) is 12.0. The average molecular weight is 456 g/mol. The number of anilines is 1. The highest BCUT2D eigenvalue weighted by Crippen LogP contribution is 2.28. The Balaban J connectivity index is 1.51. The third kappa shape index (κ3) is 7.34. The van der Waals surface area contributed by atoms with E-state index in [2.05, 4.69) is 20.9 Å². The molecule has 0 saturated carbocycles. The van der Waals surface area contributed by atoms with Gasteiger partial charge in [-0.05, 0) is 29.8 Å². The van der Waals surface area contributed by atoms with Crippen molar-refractivity contribution in [2.24, 2.45) is 0 Å². The highest BCUT2D eigenvalue weighted by atomic mass is 19.4. The number of hydrogen-bond donors (Lipinski definition) is 3. The van der Waals surface area contributed by atoms with Gasteiger partial charge in [-0.15, -0.1) is 0 Å². The monoisotopic (exact) mass is 456 g/mol. The lowest BCUT2D eigenvalue weighted by Gasteiger charge is -2.19. The molecule has 0 aliphatic carbocycles. The molecule has 0 aliphatic heterocycles. The zero-order valence-corrected chi connectivity index (χ0v) is 17.6. The maximum absolute atomic E-state index is 12.6. The number of amides is 2. The van der Waals surface area contributed by atoms with Crippen LogP contribution in [0.15, 0.2) is 79.0 Å². The van der Waals surface area contributed by atoms with Gasteiger partial charge in [-0.3, -0.25) is 9.59 Å². The summed E-state index contributed by atoms with van der Waals surface area (Å²) in [4.78, 5) is 28.8. The van der Waals surface area contributed by atoms with Gasteiger partial charge in [0, 0.05) is 24.8 Å². The van der Waals surface area contributed by atoms with Gasteiger partial charge in [-0.25, -0.2) is 4.98 Å². The molecule has 0 bridgehead atoms. The number of pyridine rings is 1. The van der Waals surface area contributed by atoms with Crippen LogP contribution < -0.4 is 16.0 Å². The zero-order valence-electron chi connectivity index (χ0n) is 17.6. The van der Waals surface area contributed by atoms with Crippen molar-refractivity contribution >= 4 is 17.6 Å². The van der Waals surface area contributed by atoms with Gasteiger partial charge in [0.15, 0.2) is 0 Å². The second-order valence-electron chi connectivity index (χ2n) is 7.21. The molecule has 0 radical (unpaired) electrons. The fourth-order valence-corrected chi connectivity index (χ4v) is 3.08. The largest absolute Gasteiger partial charge is 0.417 e. The number of rotatable bonds is 9. The number of alkyl halides is 3. The molecule has 1 aromatic heterocycles. The molecule has 3 N–H and O–H groups in total. The summed E-state index contributed by atoms with van der Waals surface area (Å²) in [5, 5.41) is 8.49. The van der Waals surface area contributed by atoms with Gasteiger partial charge in [0.25, 0.3) is 5.91 Å². The summed E-state index contributed by atoms with van der Waals surface area (Å²) in [6, 6.07) is 19.5. The number of halogens is 3. The van der Waals surface area contributed by atoms with E-state index in [1.165, 1.54) is 6.07 Å². The Morgan fingerprint density at radius 1 is 0.879 bits per heavy atom. The molecule has 3 rings (SSSR count). The predicted octanol–water partition coefficient (Wildman–Crippen LogP) is 4.19. The summed E-state index contributed by atoms with van der Waals surface area (Å²) in [7, 11) is 0. The second kappa shape index (κ2) is 11.1. The van der Waals surface area contributed by atoms with E-state index in [4.69, 9.17) is 0 Å². The number of carbonyl (C=O) groups excluding carboxylic acids is 2. The van der Waals surface area contributed by atoms with Crippen LogP contribution in [0.4, 0.5) is 19.0 Å². The molecule has 0 saturated heterocycles. The maximum atomic E-state index is 12.6. The van der Waals surface area contributed by atoms with E-state index < -0.39 is 17.8 Å². The highest BCUT2D eigenvalue weighted by molar-refractivity contribution is 5.94. The van der Waals surface area contributed by atoms with Crippen molar-refractivity contribution in [1.29, 1.82) is 0 Å². The molecule has 6 nitrogen and oxygen atoms in total. The first kappa shape index (κ1) is 23.8. The van der Waals surface area contributed by atoms with E-state index in [9.17, 15) is 22.8 Å². The van der Waals surface area contributed by atoms with Crippen LogP contribution in [-0.4, -0.2) is 29.9 Å². The highest BCUT2D eigenvalue weighted by Gasteiger charge is 2.30. The molecule has 2 aromatic carbocycles. The van der Waals surface area contributed by atoms with Crippen LogP contribution in [0.2, 0.25) is 0 Å². The summed E-state index contributed by atoms with van der Waals surface area (Å²) in [6.45, 7) is 0.506. The summed E-state index contributed by atoms with van der Waals surface area (Å²) in [5.74, 6) is -0.291. The average Bonchev–Trinajstić information content (AvgIpc) is 2.82. The summed E-state index contributed by atoms with van der Waals surface area (Å²) in [6.07, 6.45) is -3.66. The van der Waals surface area contributed by atoms with Crippen molar-refractivity contribution in [3.8, 4) is 0 Å². The minimum absolute atomic E-state index is 0.0289. The first-order valence-electron chi connectivity index (χ1n) is 10.3. The lowest BCUT2D eigenvalue weighted by atomic mass is 10.0. The number of carbonyl (C=O) groups is 2. The molecule has 0 fully saturated rings. The van der Waals surface area contributed by atoms with Gasteiger partial charge >= 0.3 is 6.18 Å². The Morgan fingerprint density at radius 3 is 2.15 bits per heavy atom. The SMILES string of the molecule is O=C(CC(NC(=O)c1ccccc1)c1ccccc1)NCCNc1ccc(C(F)(F)F)cn1. The smallest absolute Gasteiger partial charge is 0.368 e. The number of nitrogens with zero attached hydrogens (tertiary/aromatic N) is 1. The van der Waals surface area contributed by atoms with Crippen molar-refractivity contribution in [2.45, 2.75) is 18.6 Å². The van der Waals surface area contributed by atoms with Crippen molar-refractivity contribution in [2.75, 3.05) is 18.4 Å². The minimum Gasteiger partial charge on any atom is -0.368 e. The van der Waals surface area contributed by atoms with Crippen LogP contribution in [0, 0.1) is 0 Å². The van der Waals surface area contributed by atoms with Crippen molar-refractivity contribution in [1.82, 2.24) is 15.6 Å². The van der Waals surface area contributed by atoms with Crippen molar-refractivity contribution < 1.29 is 22.8 Å². The van der Waals surface area contributed by atoms with E-state index in [1.807, 2.05) is 36.4 Å². The molecule has 1 heterocycles. The van der Waals surface area contributed by atoms with Gasteiger partial charge in [-0.1, -0.05) is 48.5 Å². The quantitative estimate of drug-likeness (QED) is 0.422. The van der Waals surface area contributed by atoms with E-state index in [1.54, 1.807) is 24.3 Å². The first-order valence-corrected chi connectivity index (χ1v) is 10.3. The van der Waals surface area contributed by atoms with E-state index in [-0.39, 0.29) is 37.1 Å². The number of aromatic nitrogens is 1. The molecular weight excluding hydrogens is 433 g/mol. The Hall–Kier alpha value is -3.88. The van der Waals surface area contributed by atoms with E-state index in [0.29, 0.717) is 5.56 Å². The van der Waals surface area contributed by atoms with Gasteiger partial charge in [0.05, 0.1) is 18.0 Å². The molecule has 9 heteroatoms. The Bertz CT molecular complexity index is 1040. The van der Waals surface area contributed by atoms with E-state index in [0.717, 1.165) is 17.8 Å². The number of hydrogen-bond acceptors (Lipinski definition) is 4. The summed E-state index contributed by atoms with van der Waals surface area (Å²) >= 11 is 0. The van der Waals surface area contributed by atoms with E-state index >= 15 is 0 Å². The number of benzene rings is 2. The lowest BCUT2D eigenvalue weighted by Crippen LogP contribution is -2.35. The first-order chi connectivity index (χ1) is 15.8. The van der Waals surface area contributed by atoms with Crippen LogP contribution >= 0.6 is 0 Å². The van der Waals surface area contributed by atoms with Crippen LogP contribution in [0.3, 0.4) is 0 Å². The van der Waals surface area contributed by atoms with Crippen LogP contribution in [0.25, 0.3) is 0 Å². The molecule has 3 aromatic rings. The standard InChI is InChI=1S/C24H23F3N4O2/c25-24(26,27)19-11-12-21(30-16-19)28-13-14-29-22(32)15-20(17-7-3-1-4-8-17)31-23(33)18-9-5-2-6-10-18/h1-12,16,20H,13-15H2,(H,28,30)(H,29,32)(H,31,33). The maximum Gasteiger partial charge on any atom is 0.417 e. The molecular formula is C24H23F3N4O2. The third-order valence-corrected chi connectivity index (χ3v) is 4.78.